The Morgan fingerprint density at radius 3 is 2.27 bits per heavy atom. The summed E-state index contributed by atoms with van der Waals surface area (Å²) in [6, 6.07) is 13.2. The molecule has 0 aromatic heterocycles. The molecule has 0 heterocycles. The lowest BCUT2D eigenvalue weighted by atomic mass is 10.2. The van der Waals surface area contributed by atoms with Gasteiger partial charge < -0.3 is 10.1 Å². The second-order valence-electron chi connectivity index (χ2n) is 6.37. The monoisotopic (exact) mass is 449 g/mol. The van der Waals surface area contributed by atoms with E-state index >= 15 is 0 Å². The molecule has 0 aliphatic rings. The van der Waals surface area contributed by atoms with Gasteiger partial charge in [-0.25, -0.2) is 8.42 Å². The van der Waals surface area contributed by atoms with Gasteiger partial charge in [0.25, 0.3) is 5.91 Å². The molecule has 0 saturated carbocycles. The summed E-state index contributed by atoms with van der Waals surface area (Å²) in [7, 11) is -3.52. The van der Waals surface area contributed by atoms with E-state index in [2.05, 4.69) is 10.6 Å². The molecule has 0 bridgehead atoms. The molecule has 2 aromatic rings. The van der Waals surface area contributed by atoms with Gasteiger partial charge in [-0.2, -0.15) is 4.31 Å². The number of hydrogen-bond acceptors (Lipinski definition) is 5. The number of nitrogens with zero attached hydrogens (tertiary/aromatic N) is 1. The van der Waals surface area contributed by atoms with E-state index in [0.717, 1.165) is 6.42 Å². The summed E-state index contributed by atoms with van der Waals surface area (Å²) in [5.41, 5.74) is 0.949. The molecule has 2 N–H and O–H groups in total. The summed E-state index contributed by atoms with van der Waals surface area (Å²) in [6.07, 6.45) is 0.829. The zero-order valence-corrected chi connectivity index (χ0v) is 19.0. The molecule has 30 heavy (non-hydrogen) atoms. The Morgan fingerprint density at radius 1 is 1.03 bits per heavy atom. The second-order valence-corrected chi connectivity index (χ2v) is 8.71. The lowest BCUT2D eigenvalue weighted by molar-refractivity contribution is 0.0973. The lowest BCUT2D eigenvalue weighted by Gasteiger charge is -2.18. The summed E-state index contributed by atoms with van der Waals surface area (Å²) in [4.78, 5) is 12.8. The molecule has 0 saturated heterocycles. The standard InChI is InChI=1S/C21H27N3O4S2/c1-4-15-28-19-10-8-7-9-18(19)20(25)23-21(29)22-16-11-13-17(14-12-16)30(26,27)24(5-2)6-3/h7-14H,4-6,15H2,1-3H3,(H2,22,23,25,29). The second kappa shape index (κ2) is 11.1. The Kier molecular flexibility index (Phi) is 8.76. The van der Waals surface area contributed by atoms with Crippen LogP contribution in [-0.4, -0.2) is 43.4 Å². The molecule has 7 nitrogen and oxygen atoms in total. The largest absolute Gasteiger partial charge is 0.493 e. The molecule has 0 unspecified atom stereocenters. The Labute approximate surface area is 183 Å². The molecule has 0 fully saturated rings. The number of anilines is 1. The van der Waals surface area contributed by atoms with E-state index in [9.17, 15) is 13.2 Å². The van der Waals surface area contributed by atoms with Gasteiger partial charge in [0.15, 0.2) is 5.11 Å². The highest BCUT2D eigenvalue weighted by Gasteiger charge is 2.21. The third-order valence-corrected chi connectivity index (χ3v) is 6.54. The quantitative estimate of drug-likeness (QED) is 0.569. The van der Waals surface area contributed by atoms with Crippen LogP contribution in [-0.2, 0) is 10.0 Å². The van der Waals surface area contributed by atoms with Crippen molar-refractivity contribution in [3.63, 3.8) is 0 Å². The predicted molar refractivity (Wildman–Crippen MR) is 122 cm³/mol. The summed E-state index contributed by atoms with van der Waals surface area (Å²) in [6.45, 7) is 6.89. The molecule has 9 heteroatoms. The zero-order chi connectivity index (χ0) is 22.1. The topological polar surface area (TPSA) is 87.7 Å². The summed E-state index contributed by atoms with van der Waals surface area (Å²) < 4.78 is 32.1. The maximum absolute atomic E-state index is 12.6. The van der Waals surface area contributed by atoms with E-state index < -0.39 is 10.0 Å². The molecule has 2 aromatic carbocycles. The maximum Gasteiger partial charge on any atom is 0.261 e. The van der Waals surface area contributed by atoms with E-state index in [-0.39, 0.29) is 15.9 Å². The Balaban J connectivity index is 2.04. The van der Waals surface area contributed by atoms with E-state index in [0.29, 0.717) is 36.7 Å². The number of ether oxygens (including phenoxy) is 1. The fraction of sp³-hybridized carbons (Fsp3) is 0.333. The normalized spacial score (nSPS) is 11.2. The first-order valence-corrected chi connectivity index (χ1v) is 11.6. The van der Waals surface area contributed by atoms with Gasteiger partial charge in [0.2, 0.25) is 10.0 Å². The highest BCUT2D eigenvalue weighted by molar-refractivity contribution is 7.89. The van der Waals surface area contributed by atoms with Gasteiger partial charge in [0.1, 0.15) is 5.75 Å². The molecular formula is C21H27N3O4S2. The van der Waals surface area contributed by atoms with Crippen molar-refractivity contribution in [3.8, 4) is 5.75 Å². The van der Waals surface area contributed by atoms with Crippen molar-refractivity contribution in [3.05, 3.63) is 54.1 Å². The molecule has 2 rings (SSSR count). The smallest absolute Gasteiger partial charge is 0.261 e. The number of nitrogens with one attached hydrogen (secondary N) is 2. The molecule has 0 atom stereocenters. The number of benzene rings is 2. The minimum absolute atomic E-state index is 0.102. The lowest BCUT2D eigenvalue weighted by Crippen LogP contribution is -2.34. The van der Waals surface area contributed by atoms with Crippen molar-refractivity contribution in [2.75, 3.05) is 25.0 Å². The van der Waals surface area contributed by atoms with Crippen LogP contribution in [0.4, 0.5) is 5.69 Å². The van der Waals surface area contributed by atoms with Crippen molar-refractivity contribution < 1.29 is 17.9 Å². The van der Waals surface area contributed by atoms with Gasteiger partial charge >= 0.3 is 0 Å². The van der Waals surface area contributed by atoms with Crippen molar-refractivity contribution in [1.29, 1.82) is 0 Å². The van der Waals surface area contributed by atoms with Crippen molar-refractivity contribution in [2.24, 2.45) is 0 Å². The number of amides is 1. The third-order valence-electron chi connectivity index (χ3n) is 4.28. The summed E-state index contributed by atoms with van der Waals surface area (Å²) in [5.74, 6) is 0.102. The third kappa shape index (κ3) is 6.01. The Bertz CT molecular complexity index is 972. The average molecular weight is 450 g/mol. The minimum Gasteiger partial charge on any atom is -0.493 e. The summed E-state index contributed by atoms with van der Waals surface area (Å²) >= 11 is 5.22. The van der Waals surface area contributed by atoms with Gasteiger partial charge in [-0.1, -0.05) is 32.9 Å². The number of carbonyl (C=O) groups excluding carboxylic acids is 1. The number of sulfonamides is 1. The van der Waals surface area contributed by atoms with E-state index in [1.807, 2.05) is 6.92 Å². The van der Waals surface area contributed by atoms with Crippen LogP contribution in [0, 0.1) is 0 Å². The van der Waals surface area contributed by atoms with Crippen LogP contribution in [0.25, 0.3) is 0 Å². The Morgan fingerprint density at radius 2 is 1.67 bits per heavy atom. The molecule has 0 spiro atoms. The molecule has 162 valence electrons. The maximum atomic E-state index is 12.6. The van der Waals surface area contributed by atoms with Crippen LogP contribution < -0.4 is 15.4 Å². The van der Waals surface area contributed by atoms with Crippen LogP contribution in [0.5, 0.6) is 5.75 Å². The van der Waals surface area contributed by atoms with Gasteiger partial charge in [0, 0.05) is 18.8 Å². The molecule has 0 radical (unpaired) electrons. The first-order valence-electron chi connectivity index (χ1n) is 9.77. The van der Waals surface area contributed by atoms with Crippen molar-refractivity contribution in [2.45, 2.75) is 32.1 Å². The average Bonchev–Trinajstić information content (AvgIpc) is 2.73. The van der Waals surface area contributed by atoms with Gasteiger partial charge in [0.05, 0.1) is 17.1 Å². The van der Waals surface area contributed by atoms with E-state index in [1.165, 1.54) is 16.4 Å². The summed E-state index contributed by atoms with van der Waals surface area (Å²) in [5, 5.41) is 5.61. The zero-order valence-electron chi connectivity index (χ0n) is 17.3. The van der Waals surface area contributed by atoms with Crippen LogP contribution in [0.2, 0.25) is 0 Å². The number of thiocarbonyl (C=S) groups is 1. The van der Waals surface area contributed by atoms with Crippen LogP contribution in [0.3, 0.4) is 0 Å². The molecule has 1 amide bonds. The SMILES string of the molecule is CCCOc1ccccc1C(=O)NC(=S)Nc1ccc(S(=O)(=O)N(CC)CC)cc1. The number of carbonyl (C=O) groups is 1. The number of para-hydroxylation sites is 1. The van der Waals surface area contributed by atoms with Crippen LogP contribution >= 0.6 is 12.2 Å². The highest BCUT2D eigenvalue weighted by atomic mass is 32.2. The fourth-order valence-electron chi connectivity index (χ4n) is 2.75. The number of hydrogen-bond donors (Lipinski definition) is 2. The Hall–Kier alpha value is -2.49. The first-order chi connectivity index (χ1) is 14.3. The fourth-order valence-corrected chi connectivity index (χ4v) is 4.42. The van der Waals surface area contributed by atoms with Gasteiger partial charge in [-0.3, -0.25) is 10.1 Å². The molecule has 0 aliphatic carbocycles. The van der Waals surface area contributed by atoms with Crippen LogP contribution in [0.1, 0.15) is 37.6 Å². The van der Waals surface area contributed by atoms with Gasteiger partial charge in [-0.15, -0.1) is 0 Å². The number of rotatable bonds is 9. The van der Waals surface area contributed by atoms with Crippen LogP contribution in [0.15, 0.2) is 53.4 Å². The molecule has 0 aliphatic heterocycles. The predicted octanol–water partition coefficient (Wildman–Crippen LogP) is 3.63. The minimum atomic E-state index is -3.52. The van der Waals surface area contributed by atoms with E-state index in [1.54, 1.807) is 50.2 Å². The highest BCUT2D eigenvalue weighted by Crippen LogP contribution is 2.19. The van der Waals surface area contributed by atoms with Gasteiger partial charge in [-0.05, 0) is 55.0 Å². The molecular weight excluding hydrogens is 422 g/mol. The first kappa shape index (κ1) is 23.8. The van der Waals surface area contributed by atoms with Crippen molar-refractivity contribution in [1.82, 2.24) is 9.62 Å². The van der Waals surface area contributed by atoms with Crippen molar-refractivity contribution >= 4 is 38.9 Å². The van der Waals surface area contributed by atoms with E-state index in [4.69, 9.17) is 17.0 Å².